The van der Waals surface area contributed by atoms with Crippen LogP contribution in [-0.4, -0.2) is 47.3 Å². The van der Waals surface area contributed by atoms with E-state index in [0.29, 0.717) is 19.0 Å². The number of nitrogens with zero attached hydrogens (tertiary/aromatic N) is 1. The molecule has 1 saturated heterocycles. The summed E-state index contributed by atoms with van der Waals surface area (Å²) in [4.78, 5) is 11.7. The first kappa shape index (κ1) is 13.7. The monoisotopic (exact) mass is 269 g/mol. The number of amides is 1. The molecular weight excluding hydrogens is 250 g/mol. The SMILES string of the molecule is CC(C)(C)OC(=O)NC1COCC1Oc1cn[nH]c1. The van der Waals surface area contributed by atoms with Gasteiger partial charge in [0, 0.05) is 0 Å². The smallest absolute Gasteiger partial charge is 0.408 e. The number of hydrogen-bond donors (Lipinski definition) is 2. The van der Waals surface area contributed by atoms with Crippen LogP contribution >= 0.6 is 0 Å². The van der Waals surface area contributed by atoms with E-state index in [-0.39, 0.29) is 12.1 Å². The molecule has 1 amide bonds. The minimum atomic E-state index is -0.523. The van der Waals surface area contributed by atoms with Crippen molar-refractivity contribution in [2.24, 2.45) is 0 Å². The molecule has 0 aromatic carbocycles. The van der Waals surface area contributed by atoms with Gasteiger partial charge in [-0.05, 0) is 20.8 Å². The lowest BCUT2D eigenvalue weighted by molar-refractivity contribution is 0.0472. The second-order valence-electron chi connectivity index (χ2n) is 5.38. The number of aromatic amines is 1. The van der Waals surface area contributed by atoms with Crippen LogP contribution in [0.3, 0.4) is 0 Å². The van der Waals surface area contributed by atoms with Gasteiger partial charge in [0.05, 0.1) is 31.6 Å². The van der Waals surface area contributed by atoms with Crippen molar-refractivity contribution < 1.29 is 19.0 Å². The molecule has 2 unspecified atom stereocenters. The zero-order valence-electron chi connectivity index (χ0n) is 11.3. The number of carbonyl (C=O) groups is 1. The average Bonchev–Trinajstić information content (AvgIpc) is 2.89. The van der Waals surface area contributed by atoms with Crippen molar-refractivity contribution in [1.82, 2.24) is 15.5 Å². The van der Waals surface area contributed by atoms with Gasteiger partial charge in [0.2, 0.25) is 0 Å². The van der Waals surface area contributed by atoms with Crippen molar-refractivity contribution in [2.75, 3.05) is 13.2 Å². The van der Waals surface area contributed by atoms with Crippen molar-refractivity contribution in [3.8, 4) is 5.75 Å². The summed E-state index contributed by atoms with van der Waals surface area (Å²) in [6.45, 7) is 6.28. The first-order chi connectivity index (χ1) is 8.94. The first-order valence-electron chi connectivity index (χ1n) is 6.17. The van der Waals surface area contributed by atoms with E-state index >= 15 is 0 Å². The van der Waals surface area contributed by atoms with Crippen LogP contribution in [0.5, 0.6) is 5.75 Å². The van der Waals surface area contributed by atoms with Gasteiger partial charge in [-0.15, -0.1) is 0 Å². The summed E-state index contributed by atoms with van der Waals surface area (Å²) in [7, 11) is 0. The molecule has 106 valence electrons. The molecule has 1 aromatic heterocycles. The second kappa shape index (κ2) is 5.48. The molecule has 2 N–H and O–H groups in total. The third-order valence-corrected chi connectivity index (χ3v) is 2.49. The van der Waals surface area contributed by atoms with Gasteiger partial charge in [-0.2, -0.15) is 5.10 Å². The number of rotatable bonds is 3. The Labute approximate surface area is 111 Å². The lowest BCUT2D eigenvalue weighted by atomic mass is 10.2. The van der Waals surface area contributed by atoms with E-state index in [9.17, 15) is 4.79 Å². The maximum absolute atomic E-state index is 11.7. The predicted molar refractivity (Wildman–Crippen MR) is 67.0 cm³/mol. The van der Waals surface area contributed by atoms with Crippen molar-refractivity contribution in [3.63, 3.8) is 0 Å². The third-order valence-electron chi connectivity index (χ3n) is 2.49. The van der Waals surface area contributed by atoms with Crippen molar-refractivity contribution in [2.45, 2.75) is 38.5 Å². The molecule has 7 heteroatoms. The standard InChI is InChI=1S/C12H19N3O4/c1-12(2,3)19-11(16)15-9-6-17-7-10(9)18-8-4-13-14-5-8/h4-5,9-10H,6-7H2,1-3H3,(H,13,14)(H,15,16). The number of nitrogens with one attached hydrogen (secondary N) is 2. The van der Waals surface area contributed by atoms with Gasteiger partial charge in [-0.25, -0.2) is 4.79 Å². The number of H-pyrrole nitrogens is 1. The summed E-state index contributed by atoms with van der Waals surface area (Å²) >= 11 is 0. The Balaban J connectivity index is 1.87. The number of carbonyl (C=O) groups excluding carboxylic acids is 1. The van der Waals surface area contributed by atoms with Gasteiger partial charge >= 0.3 is 6.09 Å². The normalized spacial score (nSPS) is 23.1. The Morgan fingerprint density at radius 3 is 2.95 bits per heavy atom. The van der Waals surface area contributed by atoms with Crippen LogP contribution in [0.15, 0.2) is 12.4 Å². The summed E-state index contributed by atoms with van der Waals surface area (Å²) < 4.78 is 16.2. The fourth-order valence-electron chi connectivity index (χ4n) is 1.72. The van der Waals surface area contributed by atoms with Crippen LogP contribution in [0.25, 0.3) is 0 Å². The molecule has 0 saturated carbocycles. The fourth-order valence-corrected chi connectivity index (χ4v) is 1.72. The van der Waals surface area contributed by atoms with Gasteiger partial charge in [0.15, 0.2) is 5.75 Å². The number of aromatic nitrogens is 2. The van der Waals surface area contributed by atoms with Gasteiger partial charge in [0.1, 0.15) is 11.7 Å². The molecule has 1 fully saturated rings. The predicted octanol–water partition coefficient (Wildman–Crippen LogP) is 1.08. The van der Waals surface area contributed by atoms with E-state index < -0.39 is 11.7 Å². The fraction of sp³-hybridized carbons (Fsp3) is 0.667. The summed E-state index contributed by atoms with van der Waals surface area (Å²) in [5.74, 6) is 0.617. The largest absolute Gasteiger partial charge is 0.482 e. The Morgan fingerprint density at radius 2 is 2.32 bits per heavy atom. The Morgan fingerprint density at radius 1 is 1.53 bits per heavy atom. The van der Waals surface area contributed by atoms with Gasteiger partial charge < -0.3 is 19.5 Å². The van der Waals surface area contributed by atoms with E-state index in [4.69, 9.17) is 14.2 Å². The van der Waals surface area contributed by atoms with Crippen LogP contribution in [0.2, 0.25) is 0 Å². The van der Waals surface area contributed by atoms with E-state index in [1.807, 2.05) is 20.8 Å². The maximum Gasteiger partial charge on any atom is 0.408 e. The summed E-state index contributed by atoms with van der Waals surface area (Å²) in [5.41, 5.74) is -0.523. The van der Waals surface area contributed by atoms with Crippen molar-refractivity contribution in [1.29, 1.82) is 0 Å². The molecule has 1 aliphatic rings. The number of ether oxygens (including phenoxy) is 3. The van der Waals surface area contributed by atoms with E-state index in [2.05, 4.69) is 15.5 Å². The van der Waals surface area contributed by atoms with E-state index in [1.54, 1.807) is 12.4 Å². The Bertz CT molecular complexity index is 413. The molecule has 1 aromatic rings. The highest BCUT2D eigenvalue weighted by Crippen LogP contribution is 2.16. The van der Waals surface area contributed by atoms with Gasteiger partial charge in [-0.3, -0.25) is 5.10 Å². The quantitative estimate of drug-likeness (QED) is 0.857. The first-order valence-corrected chi connectivity index (χ1v) is 6.17. The lowest BCUT2D eigenvalue weighted by Gasteiger charge is -2.23. The molecule has 0 radical (unpaired) electrons. The van der Waals surface area contributed by atoms with Crippen molar-refractivity contribution in [3.05, 3.63) is 12.4 Å². The molecule has 7 nitrogen and oxygen atoms in total. The highest BCUT2D eigenvalue weighted by molar-refractivity contribution is 5.68. The van der Waals surface area contributed by atoms with Gasteiger partial charge in [-0.1, -0.05) is 0 Å². The molecule has 2 atom stereocenters. The second-order valence-corrected chi connectivity index (χ2v) is 5.38. The van der Waals surface area contributed by atoms with Crippen LogP contribution in [0.1, 0.15) is 20.8 Å². The van der Waals surface area contributed by atoms with Crippen molar-refractivity contribution >= 4 is 6.09 Å². The molecule has 2 rings (SSSR count). The molecule has 2 heterocycles. The highest BCUT2D eigenvalue weighted by Gasteiger charge is 2.32. The Kier molecular flexibility index (Phi) is 3.94. The number of alkyl carbamates (subject to hydrolysis) is 1. The summed E-state index contributed by atoms with van der Waals surface area (Å²) in [5, 5.41) is 9.21. The molecule has 0 aliphatic carbocycles. The molecule has 1 aliphatic heterocycles. The van der Waals surface area contributed by atoms with Crippen LogP contribution in [-0.2, 0) is 9.47 Å². The molecule has 19 heavy (non-hydrogen) atoms. The van der Waals surface area contributed by atoms with E-state index in [0.717, 1.165) is 0 Å². The summed E-state index contributed by atoms with van der Waals surface area (Å²) in [6.07, 6.45) is 2.50. The molecule has 0 bridgehead atoms. The van der Waals surface area contributed by atoms with Gasteiger partial charge in [0.25, 0.3) is 0 Å². The summed E-state index contributed by atoms with van der Waals surface area (Å²) in [6, 6.07) is -0.232. The van der Waals surface area contributed by atoms with Crippen LogP contribution in [0.4, 0.5) is 4.79 Å². The minimum absolute atomic E-state index is 0.232. The van der Waals surface area contributed by atoms with Crippen LogP contribution < -0.4 is 10.1 Å². The zero-order valence-corrected chi connectivity index (χ0v) is 11.3. The third kappa shape index (κ3) is 4.13. The van der Waals surface area contributed by atoms with E-state index in [1.165, 1.54) is 0 Å². The number of hydrogen-bond acceptors (Lipinski definition) is 5. The lowest BCUT2D eigenvalue weighted by Crippen LogP contribution is -2.46. The maximum atomic E-state index is 11.7. The molecular formula is C12H19N3O4. The minimum Gasteiger partial charge on any atom is -0.482 e. The van der Waals surface area contributed by atoms with Crippen LogP contribution in [0, 0.1) is 0 Å². The average molecular weight is 269 g/mol. The molecule has 0 spiro atoms. The topological polar surface area (TPSA) is 85.5 Å². The highest BCUT2D eigenvalue weighted by atomic mass is 16.6. The zero-order chi connectivity index (χ0) is 13.9. The Hall–Kier alpha value is -1.76.